The molecule has 2 rings (SSSR count). The summed E-state index contributed by atoms with van der Waals surface area (Å²) >= 11 is 0. The minimum absolute atomic E-state index is 0.0390. The fourth-order valence-corrected chi connectivity index (χ4v) is 1.75. The summed E-state index contributed by atoms with van der Waals surface area (Å²) in [5.74, 6) is -0.0390. The van der Waals surface area contributed by atoms with Gasteiger partial charge in [0.1, 0.15) is 6.04 Å². The zero-order valence-corrected chi connectivity index (χ0v) is 9.85. The molecule has 0 radical (unpaired) electrons. The van der Waals surface area contributed by atoms with Crippen LogP contribution in [0.25, 0.3) is 0 Å². The molecule has 2 atom stereocenters. The van der Waals surface area contributed by atoms with Crippen LogP contribution in [0, 0.1) is 0 Å². The van der Waals surface area contributed by atoms with Crippen LogP contribution in [0.2, 0.25) is 0 Å². The first-order valence-electron chi connectivity index (χ1n) is 5.80. The van der Waals surface area contributed by atoms with Gasteiger partial charge in [-0.15, -0.1) is 0 Å². The average Bonchev–Trinajstić information content (AvgIpc) is 2.40. The third-order valence-electron chi connectivity index (χ3n) is 2.73. The van der Waals surface area contributed by atoms with Crippen molar-refractivity contribution in [1.29, 1.82) is 0 Å². The number of hydrogen-bond donors (Lipinski definition) is 2. The van der Waals surface area contributed by atoms with Crippen molar-refractivity contribution in [2.45, 2.75) is 19.0 Å². The van der Waals surface area contributed by atoms with Crippen molar-refractivity contribution in [2.75, 3.05) is 19.8 Å². The number of carbonyl (C=O) groups excluding carboxylic acids is 1. The number of nitrogens with one attached hydrogen (secondary N) is 2. The van der Waals surface area contributed by atoms with Gasteiger partial charge >= 0.3 is 0 Å². The topological polar surface area (TPSA) is 63.2 Å². The maximum atomic E-state index is 11.9. The molecule has 0 aliphatic carbocycles. The Bertz CT molecular complexity index is 363. The fraction of sp³-hybridized carbons (Fsp3) is 0.500. The molecule has 1 amide bonds. The van der Waals surface area contributed by atoms with Crippen LogP contribution in [-0.2, 0) is 9.53 Å². The molecule has 0 aromatic carbocycles. The number of carbonyl (C=O) groups is 1. The Morgan fingerprint density at radius 3 is 3.18 bits per heavy atom. The summed E-state index contributed by atoms with van der Waals surface area (Å²) in [6.07, 6.45) is 1.72. The van der Waals surface area contributed by atoms with Gasteiger partial charge in [0.05, 0.1) is 24.9 Å². The van der Waals surface area contributed by atoms with Crippen molar-refractivity contribution in [3.05, 3.63) is 30.1 Å². The molecule has 1 saturated heterocycles. The first-order valence-corrected chi connectivity index (χ1v) is 5.80. The lowest BCUT2D eigenvalue weighted by Crippen LogP contribution is -2.51. The lowest BCUT2D eigenvalue weighted by molar-refractivity contribution is -0.126. The van der Waals surface area contributed by atoms with E-state index in [4.69, 9.17) is 4.74 Å². The van der Waals surface area contributed by atoms with E-state index in [9.17, 15) is 4.79 Å². The highest BCUT2D eigenvalue weighted by atomic mass is 16.5. The second kappa shape index (κ2) is 5.75. The number of nitrogens with zero attached hydrogens (tertiary/aromatic N) is 1. The lowest BCUT2D eigenvalue weighted by atomic mass is 10.2. The second-order valence-electron chi connectivity index (χ2n) is 4.07. The van der Waals surface area contributed by atoms with Crippen molar-refractivity contribution in [3.8, 4) is 0 Å². The third-order valence-corrected chi connectivity index (χ3v) is 2.73. The molecule has 2 heterocycles. The average molecular weight is 235 g/mol. The number of hydrogen-bond acceptors (Lipinski definition) is 4. The number of aromatic nitrogens is 1. The van der Waals surface area contributed by atoms with Gasteiger partial charge in [0.25, 0.3) is 0 Å². The SMILES string of the molecule is C[C@@H](NC(=O)C1COCCN1)c1ccccn1. The molecular weight excluding hydrogens is 218 g/mol. The predicted molar refractivity (Wildman–Crippen MR) is 63.4 cm³/mol. The van der Waals surface area contributed by atoms with Crippen LogP contribution in [0.4, 0.5) is 0 Å². The van der Waals surface area contributed by atoms with E-state index in [0.717, 1.165) is 12.2 Å². The van der Waals surface area contributed by atoms with Gasteiger partial charge in [-0.2, -0.15) is 0 Å². The molecule has 5 heteroatoms. The summed E-state index contributed by atoms with van der Waals surface area (Å²) in [6, 6.07) is 5.32. The molecule has 5 nitrogen and oxygen atoms in total. The van der Waals surface area contributed by atoms with Gasteiger partial charge in [0.15, 0.2) is 0 Å². The van der Waals surface area contributed by atoms with Gasteiger partial charge in [-0.25, -0.2) is 0 Å². The van der Waals surface area contributed by atoms with E-state index in [-0.39, 0.29) is 18.0 Å². The molecule has 1 aromatic heterocycles. The van der Waals surface area contributed by atoms with Crippen molar-refractivity contribution < 1.29 is 9.53 Å². The van der Waals surface area contributed by atoms with Gasteiger partial charge in [-0.1, -0.05) is 6.07 Å². The molecular formula is C12H17N3O2. The highest BCUT2D eigenvalue weighted by Gasteiger charge is 2.22. The van der Waals surface area contributed by atoms with Crippen LogP contribution in [0.5, 0.6) is 0 Å². The summed E-state index contributed by atoms with van der Waals surface area (Å²) < 4.78 is 5.25. The Hall–Kier alpha value is -1.46. The quantitative estimate of drug-likeness (QED) is 0.788. The molecule has 92 valence electrons. The summed E-state index contributed by atoms with van der Waals surface area (Å²) in [5, 5.41) is 6.04. The maximum absolute atomic E-state index is 11.9. The van der Waals surface area contributed by atoms with Gasteiger partial charge in [0, 0.05) is 12.7 Å². The number of morpholine rings is 1. The molecule has 0 bridgehead atoms. The normalized spacial score (nSPS) is 21.8. The molecule has 1 unspecified atom stereocenters. The van der Waals surface area contributed by atoms with E-state index < -0.39 is 0 Å². The number of rotatable bonds is 3. The minimum atomic E-state index is -0.255. The Morgan fingerprint density at radius 2 is 2.53 bits per heavy atom. The number of amides is 1. The van der Waals surface area contributed by atoms with Crippen LogP contribution in [0.1, 0.15) is 18.7 Å². The van der Waals surface area contributed by atoms with Gasteiger partial charge < -0.3 is 15.4 Å². The molecule has 2 N–H and O–H groups in total. The maximum Gasteiger partial charge on any atom is 0.240 e. The van der Waals surface area contributed by atoms with Gasteiger partial charge in [-0.3, -0.25) is 9.78 Å². The number of ether oxygens (including phenoxy) is 1. The Kier molecular flexibility index (Phi) is 4.06. The van der Waals surface area contributed by atoms with Crippen LogP contribution in [-0.4, -0.2) is 36.7 Å². The molecule has 1 aliphatic rings. The second-order valence-corrected chi connectivity index (χ2v) is 4.07. The predicted octanol–water partition coefficient (Wildman–Crippen LogP) is 0.247. The highest BCUT2D eigenvalue weighted by Crippen LogP contribution is 2.08. The summed E-state index contributed by atoms with van der Waals surface area (Å²) in [4.78, 5) is 16.1. The zero-order chi connectivity index (χ0) is 12.1. The fourth-order valence-electron chi connectivity index (χ4n) is 1.75. The molecule has 1 aliphatic heterocycles. The van der Waals surface area contributed by atoms with Crippen molar-refractivity contribution >= 4 is 5.91 Å². The molecule has 1 aromatic rings. The van der Waals surface area contributed by atoms with Crippen LogP contribution < -0.4 is 10.6 Å². The van der Waals surface area contributed by atoms with Crippen molar-refractivity contribution in [1.82, 2.24) is 15.6 Å². The largest absolute Gasteiger partial charge is 0.378 e. The zero-order valence-electron chi connectivity index (χ0n) is 9.85. The van der Waals surface area contributed by atoms with Crippen LogP contribution >= 0.6 is 0 Å². The standard InChI is InChI=1S/C12H17N3O2/c1-9(10-4-2-3-5-13-10)15-12(16)11-8-17-7-6-14-11/h2-5,9,11,14H,6-8H2,1H3,(H,15,16)/t9-,11?/m1/s1. The van der Waals surface area contributed by atoms with Crippen LogP contribution in [0.15, 0.2) is 24.4 Å². The third kappa shape index (κ3) is 3.25. The van der Waals surface area contributed by atoms with E-state index >= 15 is 0 Å². The van der Waals surface area contributed by atoms with E-state index in [1.807, 2.05) is 25.1 Å². The number of pyridine rings is 1. The summed E-state index contributed by atoms with van der Waals surface area (Å²) in [6.45, 7) is 3.74. The Labute approximate surface area is 101 Å². The molecule has 0 spiro atoms. The van der Waals surface area contributed by atoms with E-state index in [1.54, 1.807) is 6.20 Å². The monoisotopic (exact) mass is 235 g/mol. The Morgan fingerprint density at radius 1 is 1.65 bits per heavy atom. The molecule has 1 fully saturated rings. The van der Waals surface area contributed by atoms with Crippen LogP contribution in [0.3, 0.4) is 0 Å². The first kappa shape index (κ1) is 12.0. The first-order chi connectivity index (χ1) is 8.27. The van der Waals surface area contributed by atoms with Crippen molar-refractivity contribution in [2.24, 2.45) is 0 Å². The molecule has 17 heavy (non-hydrogen) atoms. The Balaban J connectivity index is 1.89. The smallest absolute Gasteiger partial charge is 0.240 e. The lowest BCUT2D eigenvalue weighted by Gasteiger charge is -2.24. The van der Waals surface area contributed by atoms with E-state index in [1.165, 1.54) is 0 Å². The van der Waals surface area contributed by atoms with E-state index in [0.29, 0.717) is 13.2 Å². The van der Waals surface area contributed by atoms with Gasteiger partial charge in [0.2, 0.25) is 5.91 Å². The summed E-state index contributed by atoms with van der Waals surface area (Å²) in [7, 11) is 0. The highest BCUT2D eigenvalue weighted by molar-refractivity contribution is 5.82. The summed E-state index contributed by atoms with van der Waals surface area (Å²) in [5.41, 5.74) is 0.859. The van der Waals surface area contributed by atoms with E-state index in [2.05, 4.69) is 15.6 Å². The van der Waals surface area contributed by atoms with Gasteiger partial charge in [-0.05, 0) is 19.1 Å². The minimum Gasteiger partial charge on any atom is -0.378 e. The molecule has 0 saturated carbocycles. The van der Waals surface area contributed by atoms with Crippen molar-refractivity contribution in [3.63, 3.8) is 0 Å².